The number of nitrogens with zero attached hydrogens (tertiary/aromatic N) is 1. The lowest BCUT2D eigenvalue weighted by atomic mass is 9.85. The number of ether oxygens (including phenoxy) is 1. The lowest BCUT2D eigenvalue weighted by Gasteiger charge is -2.42. The maximum atomic E-state index is 6.03. The van der Waals surface area contributed by atoms with Gasteiger partial charge in [0.25, 0.3) is 0 Å². The Morgan fingerprint density at radius 2 is 2.10 bits per heavy atom. The Balaban J connectivity index is 2.41. The molecule has 1 aromatic rings. The topological polar surface area (TPSA) is 24.5 Å². The van der Waals surface area contributed by atoms with Crippen LogP contribution in [-0.2, 0) is 6.42 Å². The van der Waals surface area contributed by atoms with Gasteiger partial charge in [-0.3, -0.25) is 0 Å². The Labute approximate surface area is 129 Å². The fourth-order valence-corrected chi connectivity index (χ4v) is 2.93. The molecule has 0 aromatic heterocycles. The van der Waals surface area contributed by atoms with Gasteiger partial charge in [-0.15, -0.1) is 0 Å². The van der Waals surface area contributed by atoms with Crippen molar-refractivity contribution in [3.05, 3.63) is 29.3 Å². The first-order valence-electron chi connectivity index (χ1n) is 8.14. The highest BCUT2D eigenvalue weighted by molar-refractivity contribution is 5.45. The fraction of sp³-hybridized carbons (Fsp3) is 0.667. The summed E-state index contributed by atoms with van der Waals surface area (Å²) in [4.78, 5) is 2.29. The Morgan fingerprint density at radius 1 is 1.33 bits per heavy atom. The summed E-state index contributed by atoms with van der Waals surface area (Å²) in [6.07, 6.45) is 3.39. The third kappa shape index (κ3) is 3.41. The maximum absolute atomic E-state index is 6.03. The summed E-state index contributed by atoms with van der Waals surface area (Å²) in [5.41, 5.74) is 2.68. The summed E-state index contributed by atoms with van der Waals surface area (Å²) in [5, 5.41) is 3.74. The molecule has 1 N–H and O–H groups in total. The third-order valence-electron chi connectivity index (χ3n) is 4.73. The number of benzene rings is 1. The molecule has 1 aliphatic rings. The van der Waals surface area contributed by atoms with E-state index in [2.05, 4.69) is 63.3 Å². The predicted octanol–water partition coefficient (Wildman–Crippen LogP) is 3.39. The van der Waals surface area contributed by atoms with E-state index < -0.39 is 0 Å². The van der Waals surface area contributed by atoms with Crippen LogP contribution in [0.2, 0.25) is 0 Å². The number of hydrogen-bond acceptors (Lipinski definition) is 3. The van der Waals surface area contributed by atoms with Gasteiger partial charge in [0.05, 0.1) is 12.6 Å². The first kappa shape index (κ1) is 16.3. The van der Waals surface area contributed by atoms with Gasteiger partial charge in [-0.25, -0.2) is 0 Å². The van der Waals surface area contributed by atoms with Crippen molar-refractivity contribution in [1.82, 2.24) is 10.2 Å². The van der Waals surface area contributed by atoms with Crippen LogP contribution >= 0.6 is 0 Å². The molecular formula is C18H30N2O. The van der Waals surface area contributed by atoms with Gasteiger partial charge in [0, 0.05) is 11.1 Å². The van der Waals surface area contributed by atoms with Gasteiger partial charge in [0.15, 0.2) is 0 Å². The van der Waals surface area contributed by atoms with Crippen molar-refractivity contribution < 1.29 is 4.74 Å². The predicted molar refractivity (Wildman–Crippen MR) is 89.1 cm³/mol. The maximum Gasteiger partial charge on any atom is 0.127 e. The average Bonchev–Trinajstić information content (AvgIpc) is 2.47. The van der Waals surface area contributed by atoms with E-state index in [4.69, 9.17) is 4.74 Å². The van der Waals surface area contributed by atoms with Crippen LogP contribution in [0.1, 0.15) is 50.8 Å². The molecule has 1 aromatic carbocycles. The van der Waals surface area contributed by atoms with Gasteiger partial charge in [-0.05, 0) is 59.3 Å². The first-order valence-corrected chi connectivity index (χ1v) is 8.14. The van der Waals surface area contributed by atoms with Crippen LogP contribution in [0, 0.1) is 0 Å². The number of hydrogen-bond donors (Lipinski definition) is 1. The van der Waals surface area contributed by atoms with Crippen LogP contribution in [-0.4, -0.2) is 37.7 Å². The summed E-state index contributed by atoms with van der Waals surface area (Å²) >= 11 is 0. The van der Waals surface area contributed by atoms with Crippen molar-refractivity contribution in [3.63, 3.8) is 0 Å². The van der Waals surface area contributed by atoms with Gasteiger partial charge in [-0.1, -0.05) is 25.1 Å². The van der Waals surface area contributed by atoms with Crippen LogP contribution in [0.15, 0.2) is 18.2 Å². The van der Waals surface area contributed by atoms with Gasteiger partial charge < -0.3 is 15.0 Å². The molecule has 3 nitrogen and oxygen atoms in total. The highest BCUT2D eigenvalue weighted by Crippen LogP contribution is 2.38. The first-order chi connectivity index (χ1) is 9.98. The summed E-state index contributed by atoms with van der Waals surface area (Å²) in [7, 11) is 4.30. The average molecular weight is 290 g/mol. The van der Waals surface area contributed by atoms with E-state index in [0.717, 1.165) is 38.2 Å². The molecule has 0 aliphatic carbocycles. The summed E-state index contributed by atoms with van der Waals surface area (Å²) in [6, 6.07) is 6.87. The van der Waals surface area contributed by atoms with Crippen molar-refractivity contribution in [2.24, 2.45) is 0 Å². The van der Waals surface area contributed by atoms with Crippen LogP contribution in [0.5, 0.6) is 5.75 Å². The second kappa shape index (κ2) is 6.80. The Kier molecular flexibility index (Phi) is 5.28. The fourth-order valence-electron chi connectivity index (χ4n) is 2.93. The minimum Gasteiger partial charge on any atom is -0.493 e. The quantitative estimate of drug-likeness (QED) is 0.869. The summed E-state index contributed by atoms with van der Waals surface area (Å²) < 4.78 is 6.03. The highest BCUT2D eigenvalue weighted by Gasteiger charge is 2.35. The van der Waals surface area contributed by atoms with Crippen LogP contribution < -0.4 is 10.1 Å². The van der Waals surface area contributed by atoms with Crippen LogP contribution in [0.4, 0.5) is 0 Å². The second-order valence-electron chi connectivity index (χ2n) is 6.72. The van der Waals surface area contributed by atoms with E-state index in [-0.39, 0.29) is 11.6 Å². The van der Waals surface area contributed by atoms with Gasteiger partial charge >= 0.3 is 0 Å². The molecule has 0 spiro atoms. The van der Waals surface area contributed by atoms with Crippen LogP contribution in [0.3, 0.4) is 0 Å². The van der Waals surface area contributed by atoms with E-state index in [9.17, 15) is 0 Å². The minimum atomic E-state index is 0.0189. The largest absolute Gasteiger partial charge is 0.493 e. The smallest absolute Gasteiger partial charge is 0.127 e. The zero-order valence-corrected chi connectivity index (χ0v) is 14.2. The van der Waals surface area contributed by atoms with Crippen molar-refractivity contribution >= 4 is 0 Å². The molecular weight excluding hydrogens is 260 g/mol. The molecule has 1 atom stereocenters. The monoisotopic (exact) mass is 290 g/mol. The van der Waals surface area contributed by atoms with Crippen molar-refractivity contribution in [1.29, 1.82) is 0 Å². The second-order valence-corrected chi connectivity index (χ2v) is 6.72. The zero-order valence-electron chi connectivity index (χ0n) is 14.2. The molecule has 0 saturated carbocycles. The van der Waals surface area contributed by atoms with E-state index >= 15 is 0 Å². The van der Waals surface area contributed by atoms with Crippen molar-refractivity contribution in [2.75, 3.05) is 27.2 Å². The molecule has 118 valence electrons. The van der Waals surface area contributed by atoms with E-state index in [1.165, 1.54) is 11.1 Å². The lowest BCUT2D eigenvalue weighted by molar-refractivity contribution is 0.134. The van der Waals surface area contributed by atoms with Crippen molar-refractivity contribution in [2.45, 2.75) is 51.6 Å². The Bertz CT molecular complexity index is 468. The third-order valence-corrected chi connectivity index (χ3v) is 4.73. The number of likely N-dealkylation sites (N-methyl/N-ethyl adjacent to an activating group) is 1. The number of fused-ring (bicyclic) bond motifs is 1. The van der Waals surface area contributed by atoms with E-state index in [0.29, 0.717) is 0 Å². The number of nitrogens with one attached hydrogen (secondary N) is 1. The highest BCUT2D eigenvalue weighted by atomic mass is 16.5. The molecule has 1 unspecified atom stereocenters. The van der Waals surface area contributed by atoms with Crippen LogP contribution in [0.25, 0.3) is 0 Å². The number of rotatable bonds is 6. The lowest BCUT2D eigenvalue weighted by Crippen LogP contribution is -2.49. The SMILES string of the molecule is CCCNC(c1cccc2c1OCCC2)C(C)(C)N(C)C. The molecule has 1 aliphatic heterocycles. The molecule has 21 heavy (non-hydrogen) atoms. The van der Waals surface area contributed by atoms with Gasteiger partial charge in [0.2, 0.25) is 0 Å². The number of aryl methyl sites for hydroxylation is 1. The molecule has 1 heterocycles. The Morgan fingerprint density at radius 3 is 2.76 bits per heavy atom. The van der Waals surface area contributed by atoms with Gasteiger partial charge in [-0.2, -0.15) is 0 Å². The molecule has 3 heteroatoms. The standard InChI is InChI=1S/C18H30N2O/c1-6-12-19-17(18(2,3)20(4)5)15-11-7-9-14-10-8-13-21-16(14)15/h7,9,11,17,19H,6,8,10,12-13H2,1-5H3. The van der Waals surface area contributed by atoms with E-state index in [1.54, 1.807) is 0 Å². The minimum absolute atomic E-state index is 0.0189. The van der Waals surface area contributed by atoms with Crippen molar-refractivity contribution in [3.8, 4) is 5.75 Å². The summed E-state index contributed by atoms with van der Waals surface area (Å²) in [5.74, 6) is 1.12. The molecule has 0 saturated heterocycles. The Hall–Kier alpha value is -1.06. The molecule has 0 fully saturated rings. The molecule has 2 rings (SSSR count). The molecule has 0 radical (unpaired) electrons. The normalized spacial score (nSPS) is 16.5. The van der Waals surface area contributed by atoms with Gasteiger partial charge in [0.1, 0.15) is 5.75 Å². The summed E-state index contributed by atoms with van der Waals surface area (Å²) in [6.45, 7) is 8.66. The molecule has 0 bridgehead atoms. The number of para-hydroxylation sites is 1. The van der Waals surface area contributed by atoms with E-state index in [1.807, 2.05) is 0 Å². The zero-order chi connectivity index (χ0) is 15.5. The molecule has 0 amide bonds.